The molecule has 1 aromatic rings. The van der Waals surface area contributed by atoms with Crippen LogP contribution in [0.15, 0.2) is 12.1 Å². The van der Waals surface area contributed by atoms with Crippen molar-refractivity contribution in [2.24, 2.45) is 0 Å². The molecule has 0 atom stereocenters. The van der Waals surface area contributed by atoms with Gasteiger partial charge in [0.2, 0.25) is 0 Å². The van der Waals surface area contributed by atoms with Gasteiger partial charge in [0.05, 0.1) is 5.75 Å². The number of hydrogen-bond donors (Lipinski definition) is 1. The second-order valence-corrected chi connectivity index (χ2v) is 4.46. The average molecular weight is 228 g/mol. The lowest BCUT2D eigenvalue weighted by molar-refractivity contribution is 0.0994. The molecule has 1 aliphatic carbocycles. The third-order valence-corrected chi connectivity index (χ3v) is 3.12. The summed E-state index contributed by atoms with van der Waals surface area (Å²) in [5.74, 6) is -0.763. The molecule has 0 N–H and O–H groups in total. The number of fused-ring (bicyclic) bond motifs is 1. The van der Waals surface area contributed by atoms with E-state index in [0.717, 1.165) is 0 Å². The van der Waals surface area contributed by atoms with Crippen molar-refractivity contribution in [2.45, 2.75) is 18.6 Å². The van der Waals surface area contributed by atoms with Gasteiger partial charge in [-0.05, 0) is 23.6 Å². The van der Waals surface area contributed by atoms with Crippen molar-refractivity contribution in [1.29, 1.82) is 0 Å². The SMILES string of the molecule is O=C1CCc2c(F)ccc(C[SH](=O)=O)c21. The first-order valence-electron chi connectivity index (χ1n) is 4.55. The van der Waals surface area contributed by atoms with Crippen LogP contribution < -0.4 is 0 Å². The molecule has 0 radical (unpaired) electrons. The maximum Gasteiger partial charge on any atom is 0.163 e. The predicted octanol–water partition coefficient (Wildman–Crippen LogP) is 1.07. The molecule has 0 amide bonds. The number of thiol groups is 1. The summed E-state index contributed by atoms with van der Waals surface area (Å²) in [5, 5.41) is 0. The number of hydrogen-bond acceptors (Lipinski definition) is 3. The molecular formula is C10H9FO3S. The Morgan fingerprint density at radius 3 is 2.67 bits per heavy atom. The molecule has 0 spiro atoms. The van der Waals surface area contributed by atoms with E-state index in [4.69, 9.17) is 0 Å². The van der Waals surface area contributed by atoms with Crippen LogP contribution in [-0.2, 0) is 22.9 Å². The third kappa shape index (κ3) is 1.79. The second kappa shape index (κ2) is 3.73. The van der Waals surface area contributed by atoms with Gasteiger partial charge < -0.3 is 0 Å². The van der Waals surface area contributed by atoms with Crippen LogP contribution in [-0.4, -0.2) is 14.2 Å². The van der Waals surface area contributed by atoms with Crippen LogP contribution in [0.5, 0.6) is 0 Å². The van der Waals surface area contributed by atoms with Crippen molar-refractivity contribution in [3.8, 4) is 0 Å². The normalized spacial score (nSPS) is 14.7. The van der Waals surface area contributed by atoms with E-state index in [9.17, 15) is 17.6 Å². The molecule has 2 rings (SSSR count). The number of halogens is 1. The summed E-state index contributed by atoms with van der Waals surface area (Å²) in [5.41, 5.74) is 1.08. The summed E-state index contributed by atoms with van der Waals surface area (Å²) in [4.78, 5) is 11.5. The molecule has 0 aromatic heterocycles. The molecule has 1 aliphatic rings. The third-order valence-electron chi connectivity index (χ3n) is 2.52. The quantitative estimate of drug-likeness (QED) is 0.770. The highest BCUT2D eigenvalue weighted by Gasteiger charge is 2.25. The second-order valence-electron chi connectivity index (χ2n) is 3.47. The predicted molar refractivity (Wildman–Crippen MR) is 53.1 cm³/mol. The van der Waals surface area contributed by atoms with Crippen LogP contribution in [0, 0.1) is 5.82 Å². The lowest BCUT2D eigenvalue weighted by atomic mass is 10.0. The molecule has 0 saturated carbocycles. The maximum absolute atomic E-state index is 13.3. The molecule has 0 aliphatic heterocycles. The van der Waals surface area contributed by atoms with Crippen LogP contribution in [0.2, 0.25) is 0 Å². The lowest BCUT2D eigenvalue weighted by Crippen LogP contribution is -2.01. The first-order chi connectivity index (χ1) is 7.09. The first-order valence-corrected chi connectivity index (χ1v) is 5.91. The molecular weight excluding hydrogens is 219 g/mol. The van der Waals surface area contributed by atoms with Crippen molar-refractivity contribution in [3.05, 3.63) is 34.6 Å². The Hall–Kier alpha value is -1.23. The highest BCUT2D eigenvalue weighted by atomic mass is 32.2. The van der Waals surface area contributed by atoms with Crippen LogP contribution in [0.4, 0.5) is 4.39 Å². The molecule has 3 nitrogen and oxygen atoms in total. The summed E-state index contributed by atoms with van der Waals surface area (Å²) < 4.78 is 34.5. The van der Waals surface area contributed by atoms with Gasteiger partial charge >= 0.3 is 0 Å². The van der Waals surface area contributed by atoms with Gasteiger partial charge in [-0.25, -0.2) is 12.8 Å². The Labute approximate surface area is 87.9 Å². The van der Waals surface area contributed by atoms with Gasteiger partial charge in [0, 0.05) is 12.0 Å². The summed E-state index contributed by atoms with van der Waals surface area (Å²) >= 11 is 0. The minimum absolute atomic E-state index is 0.156. The minimum Gasteiger partial charge on any atom is -0.294 e. The van der Waals surface area contributed by atoms with Crippen molar-refractivity contribution in [1.82, 2.24) is 0 Å². The van der Waals surface area contributed by atoms with Crippen molar-refractivity contribution in [2.75, 3.05) is 0 Å². The summed E-state index contributed by atoms with van der Waals surface area (Å²) in [7, 11) is -2.59. The molecule has 0 fully saturated rings. The topological polar surface area (TPSA) is 51.2 Å². The van der Waals surface area contributed by atoms with Crippen LogP contribution in [0.25, 0.3) is 0 Å². The Morgan fingerprint density at radius 2 is 2.00 bits per heavy atom. The first kappa shape index (κ1) is 10.3. The Balaban J connectivity index is 2.58. The monoisotopic (exact) mass is 228 g/mol. The molecule has 1 aromatic carbocycles. The van der Waals surface area contributed by atoms with Crippen molar-refractivity contribution in [3.63, 3.8) is 0 Å². The van der Waals surface area contributed by atoms with E-state index in [1.807, 2.05) is 0 Å². The summed E-state index contributed by atoms with van der Waals surface area (Å²) in [6.07, 6.45) is 0.655. The smallest absolute Gasteiger partial charge is 0.163 e. The van der Waals surface area contributed by atoms with E-state index in [1.165, 1.54) is 12.1 Å². The zero-order valence-corrected chi connectivity index (χ0v) is 8.72. The maximum atomic E-state index is 13.3. The number of carbonyl (C=O) groups is 1. The Morgan fingerprint density at radius 1 is 1.27 bits per heavy atom. The lowest BCUT2D eigenvalue weighted by Gasteiger charge is -2.04. The number of Topliss-reactive ketones (excluding diaryl/α,β-unsaturated/α-hetero) is 1. The molecule has 0 saturated heterocycles. The minimum atomic E-state index is -2.59. The van der Waals surface area contributed by atoms with Crippen molar-refractivity contribution >= 4 is 16.5 Å². The van der Waals surface area contributed by atoms with Crippen LogP contribution in [0.1, 0.15) is 27.9 Å². The fraction of sp³-hybridized carbons (Fsp3) is 0.300. The van der Waals surface area contributed by atoms with Gasteiger partial charge in [-0.3, -0.25) is 4.79 Å². The van der Waals surface area contributed by atoms with Gasteiger partial charge in [-0.1, -0.05) is 6.07 Å². The highest BCUT2D eigenvalue weighted by Crippen LogP contribution is 2.28. The molecule has 0 heterocycles. The van der Waals surface area contributed by atoms with Gasteiger partial charge in [0.1, 0.15) is 16.5 Å². The fourth-order valence-electron chi connectivity index (χ4n) is 1.90. The van der Waals surface area contributed by atoms with Crippen LogP contribution in [0.3, 0.4) is 0 Å². The van der Waals surface area contributed by atoms with Gasteiger partial charge in [0.15, 0.2) is 5.78 Å². The van der Waals surface area contributed by atoms with Crippen LogP contribution >= 0.6 is 0 Å². The zero-order valence-electron chi connectivity index (χ0n) is 7.83. The van der Waals surface area contributed by atoms with E-state index in [1.54, 1.807) is 0 Å². The standard InChI is InChI=1S/C10H9FO3S/c11-8-3-1-6(5-15(13)14)10-7(8)2-4-9(10)12/h1,3,15H,2,4-5H2. The summed E-state index contributed by atoms with van der Waals surface area (Å²) in [6, 6.07) is 2.61. The van der Waals surface area contributed by atoms with E-state index in [2.05, 4.69) is 0 Å². The molecule has 15 heavy (non-hydrogen) atoms. The summed E-state index contributed by atoms with van der Waals surface area (Å²) in [6.45, 7) is 0. The van der Waals surface area contributed by atoms with E-state index < -0.39 is 16.5 Å². The zero-order chi connectivity index (χ0) is 11.0. The van der Waals surface area contributed by atoms with E-state index >= 15 is 0 Å². The number of carbonyl (C=O) groups excluding carboxylic acids is 1. The Kier molecular flexibility index (Phi) is 2.56. The fourth-order valence-corrected chi connectivity index (χ4v) is 2.44. The van der Waals surface area contributed by atoms with Crippen molar-refractivity contribution < 1.29 is 17.6 Å². The molecule has 5 heteroatoms. The Bertz CT molecular complexity index is 498. The average Bonchev–Trinajstić information content (AvgIpc) is 2.54. The molecule has 80 valence electrons. The molecule has 0 unspecified atom stereocenters. The molecule has 0 bridgehead atoms. The van der Waals surface area contributed by atoms with E-state index in [0.29, 0.717) is 17.5 Å². The number of benzene rings is 1. The van der Waals surface area contributed by atoms with Gasteiger partial charge in [0.25, 0.3) is 0 Å². The number of ketones is 1. The van der Waals surface area contributed by atoms with Gasteiger partial charge in [-0.15, -0.1) is 0 Å². The largest absolute Gasteiger partial charge is 0.294 e. The highest BCUT2D eigenvalue weighted by molar-refractivity contribution is 7.71. The number of rotatable bonds is 2. The van der Waals surface area contributed by atoms with Gasteiger partial charge in [-0.2, -0.15) is 0 Å². The van der Waals surface area contributed by atoms with E-state index in [-0.39, 0.29) is 23.5 Å².